The van der Waals surface area contributed by atoms with E-state index in [0.717, 1.165) is 5.56 Å². The Bertz CT molecular complexity index is 788. The molecule has 0 amide bonds. The zero-order valence-electron chi connectivity index (χ0n) is 11.7. The second kappa shape index (κ2) is 7.14. The number of sulfonamides is 1. The SMILES string of the molecule is Cc1ccc(S(=O)(=O)Nc2c(Br)cc(OC(F)F)cc2Br)cc1. The smallest absolute Gasteiger partial charge is 0.387 e. The van der Waals surface area contributed by atoms with Gasteiger partial charge in [0.1, 0.15) is 5.75 Å². The normalized spacial score (nSPS) is 11.6. The van der Waals surface area contributed by atoms with Crippen LogP contribution in [0.5, 0.6) is 5.75 Å². The van der Waals surface area contributed by atoms with E-state index in [0.29, 0.717) is 0 Å². The van der Waals surface area contributed by atoms with E-state index in [4.69, 9.17) is 0 Å². The van der Waals surface area contributed by atoms with Crippen molar-refractivity contribution in [2.24, 2.45) is 0 Å². The first-order valence-corrected chi connectivity index (χ1v) is 9.29. The summed E-state index contributed by atoms with van der Waals surface area (Å²) in [7, 11) is -3.81. The molecule has 0 aliphatic carbocycles. The molecule has 4 nitrogen and oxygen atoms in total. The number of halogens is 4. The lowest BCUT2D eigenvalue weighted by molar-refractivity contribution is -0.0499. The minimum atomic E-state index is -3.81. The summed E-state index contributed by atoms with van der Waals surface area (Å²) in [6.07, 6.45) is 0. The summed E-state index contributed by atoms with van der Waals surface area (Å²) in [5.41, 5.74) is 1.12. The summed E-state index contributed by atoms with van der Waals surface area (Å²) in [5, 5.41) is 0. The first-order chi connectivity index (χ1) is 10.7. The maximum atomic E-state index is 12.4. The van der Waals surface area contributed by atoms with Gasteiger partial charge in [-0.15, -0.1) is 0 Å². The van der Waals surface area contributed by atoms with Gasteiger partial charge in [-0.25, -0.2) is 8.42 Å². The van der Waals surface area contributed by atoms with Crippen LogP contribution >= 0.6 is 31.9 Å². The molecule has 0 saturated heterocycles. The van der Waals surface area contributed by atoms with E-state index in [1.54, 1.807) is 12.1 Å². The van der Waals surface area contributed by atoms with Gasteiger partial charge in [0.25, 0.3) is 10.0 Å². The Balaban J connectivity index is 2.34. The van der Waals surface area contributed by atoms with Crippen LogP contribution in [0.1, 0.15) is 5.56 Å². The molecule has 0 fully saturated rings. The van der Waals surface area contributed by atoms with Gasteiger partial charge in [-0.1, -0.05) is 17.7 Å². The standard InChI is InChI=1S/C14H11Br2F2NO3S/c1-8-2-4-10(5-3-8)23(20,21)19-13-11(15)6-9(7-12(13)16)22-14(17)18/h2-7,14,19H,1H3. The van der Waals surface area contributed by atoms with Crippen molar-refractivity contribution in [3.8, 4) is 5.75 Å². The molecule has 0 atom stereocenters. The highest BCUT2D eigenvalue weighted by Crippen LogP contribution is 2.37. The third-order valence-electron chi connectivity index (χ3n) is 2.81. The van der Waals surface area contributed by atoms with E-state index < -0.39 is 16.6 Å². The predicted molar refractivity (Wildman–Crippen MR) is 90.5 cm³/mol. The van der Waals surface area contributed by atoms with Crippen molar-refractivity contribution in [2.75, 3.05) is 4.72 Å². The zero-order valence-corrected chi connectivity index (χ0v) is 15.7. The van der Waals surface area contributed by atoms with Crippen molar-refractivity contribution >= 4 is 47.6 Å². The average Bonchev–Trinajstić information content (AvgIpc) is 2.43. The highest BCUT2D eigenvalue weighted by Gasteiger charge is 2.19. The monoisotopic (exact) mass is 469 g/mol. The van der Waals surface area contributed by atoms with Gasteiger partial charge in [0.2, 0.25) is 0 Å². The number of hydrogen-bond donors (Lipinski definition) is 1. The topological polar surface area (TPSA) is 55.4 Å². The summed E-state index contributed by atoms with van der Waals surface area (Å²) in [4.78, 5) is 0.0924. The Hall–Kier alpha value is -1.19. The van der Waals surface area contributed by atoms with Crippen LogP contribution in [0.15, 0.2) is 50.2 Å². The zero-order chi connectivity index (χ0) is 17.2. The summed E-state index contributed by atoms with van der Waals surface area (Å²) >= 11 is 6.29. The molecular formula is C14H11Br2F2NO3S. The van der Waals surface area contributed by atoms with Crippen LogP contribution in [-0.2, 0) is 10.0 Å². The highest BCUT2D eigenvalue weighted by atomic mass is 79.9. The molecule has 2 aromatic rings. The Morgan fingerprint density at radius 2 is 1.61 bits per heavy atom. The first-order valence-electron chi connectivity index (χ1n) is 6.22. The maximum Gasteiger partial charge on any atom is 0.387 e. The highest BCUT2D eigenvalue weighted by molar-refractivity contribution is 9.11. The molecule has 0 aliphatic heterocycles. The minimum absolute atomic E-state index is 0.0924. The molecule has 23 heavy (non-hydrogen) atoms. The Morgan fingerprint density at radius 3 is 2.09 bits per heavy atom. The molecular weight excluding hydrogens is 460 g/mol. The molecule has 9 heteroatoms. The molecule has 1 N–H and O–H groups in total. The van der Waals surface area contributed by atoms with Gasteiger partial charge in [0, 0.05) is 8.95 Å². The fourth-order valence-corrected chi connectivity index (χ4v) is 4.44. The van der Waals surface area contributed by atoms with Crippen LogP contribution in [0.2, 0.25) is 0 Å². The van der Waals surface area contributed by atoms with Crippen LogP contribution < -0.4 is 9.46 Å². The summed E-state index contributed by atoms with van der Waals surface area (Å²) in [6.45, 7) is -1.12. The largest absolute Gasteiger partial charge is 0.435 e. The van der Waals surface area contributed by atoms with Crippen LogP contribution in [-0.4, -0.2) is 15.0 Å². The number of anilines is 1. The molecule has 0 saturated carbocycles. The quantitative estimate of drug-likeness (QED) is 0.674. The van der Waals surface area contributed by atoms with Crippen molar-refractivity contribution in [1.29, 1.82) is 0 Å². The number of aryl methyl sites for hydroxylation is 1. The molecule has 0 unspecified atom stereocenters. The lowest BCUT2D eigenvalue weighted by Gasteiger charge is -2.14. The van der Waals surface area contributed by atoms with Gasteiger partial charge >= 0.3 is 6.61 Å². The predicted octanol–water partition coefficient (Wildman–Crippen LogP) is 4.92. The molecule has 2 aromatic carbocycles. The number of benzene rings is 2. The molecule has 0 aliphatic rings. The number of nitrogens with one attached hydrogen (secondary N) is 1. The number of hydrogen-bond acceptors (Lipinski definition) is 3. The van der Waals surface area contributed by atoms with Crippen LogP contribution in [0.25, 0.3) is 0 Å². The molecule has 0 radical (unpaired) electrons. The molecule has 0 bridgehead atoms. The Kier molecular flexibility index (Phi) is 5.64. The Labute approximate surface area is 149 Å². The molecule has 2 rings (SSSR count). The van der Waals surface area contributed by atoms with E-state index in [-0.39, 0.29) is 25.3 Å². The fourth-order valence-electron chi connectivity index (χ4n) is 1.73. The van der Waals surface area contributed by atoms with Gasteiger partial charge in [-0.3, -0.25) is 4.72 Å². The molecule has 0 aromatic heterocycles. The summed E-state index contributed by atoms with van der Waals surface area (Å²) in [6, 6.07) is 8.83. The number of alkyl halides is 2. The second-order valence-electron chi connectivity index (χ2n) is 4.56. The lowest BCUT2D eigenvalue weighted by Crippen LogP contribution is -2.14. The van der Waals surface area contributed by atoms with Gasteiger partial charge in [-0.05, 0) is 63.0 Å². The van der Waals surface area contributed by atoms with Gasteiger partial charge in [0.15, 0.2) is 0 Å². The van der Waals surface area contributed by atoms with Crippen LogP contribution in [0.4, 0.5) is 14.5 Å². The van der Waals surface area contributed by atoms with E-state index in [1.165, 1.54) is 24.3 Å². The van der Waals surface area contributed by atoms with Crippen LogP contribution in [0.3, 0.4) is 0 Å². The molecule has 0 heterocycles. The maximum absolute atomic E-state index is 12.4. The second-order valence-corrected chi connectivity index (χ2v) is 7.95. The Morgan fingerprint density at radius 1 is 1.09 bits per heavy atom. The third-order valence-corrected chi connectivity index (χ3v) is 5.42. The third kappa shape index (κ3) is 4.65. The number of rotatable bonds is 5. The van der Waals surface area contributed by atoms with E-state index in [2.05, 4.69) is 41.3 Å². The van der Waals surface area contributed by atoms with E-state index in [1.807, 2.05) is 6.92 Å². The van der Waals surface area contributed by atoms with E-state index in [9.17, 15) is 17.2 Å². The molecule has 0 spiro atoms. The minimum Gasteiger partial charge on any atom is -0.435 e. The first kappa shape index (κ1) is 18.2. The van der Waals surface area contributed by atoms with Crippen molar-refractivity contribution in [1.82, 2.24) is 0 Å². The van der Waals surface area contributed by atoms with Gasteiger partial charge in [0.05, 0.1) is 10.6 Å². The molecule has 124 valence electrons. The van der Waals surface area contributed by atoms with Crippen LogP contribution in [0, 0.1) is 6.92 Å². The average molecular weight is 471 g/mol. The van der Waals surface area contributed by atoms with Crippen molar-refractivity contribution < 1.29 is 21.9 Å². The summed E-state index contributed by atoms with van der Waals surface area (Å²) in [5.74, 6) is -0.1000. The van der Waals surface area contributed by atoms with Gasteiger partial charge in [-0.2, -0.15) is 8.78 Å². The lowest BCUT2D eigenvalue weighted by atomic mass is 10.2. The van der Waals surface area contributed by atoms with Crippen molar-refractivity contribution in [3.05, 3.63) is 50.9 Å². The van der Waals surface area contributed by atoms with Gasteiger partial charge < -0.3 is 4.74 Å². The van der Waals surface area contributed by atoms with Crippen molar-refractivity contribution in [2.45, 2.75) is 18.4 Å². The fraction of sp³-hybridized carbons (Fsp3) is 0.143. The number of ether oxygens (including phenoxy) is 1. The summed E-state index contributed by atoms with van der Waals surface area (Å²) < 4.78 is 56.5. The van der Waals surface area contributed by atoms with E-state index >= 15 is 0 Å². The van der Waals surface area contributed by atoms with Crippen molar-refractivity contribution in [3.63, 3.8) is 0 Å².